The van der Waals surface area contributed by atoms with Gasteiger partial charge in [0.15, 0.2) is 6.61 Å². The second kappa shape index (κ2) is 8.59. The van der Waals surface area contributed by atoms with E-state index in [-0.39, 0.29) is 10.5 Å². The van der Waals surface area contributed by atoms with Crippen LogP contribution in [-0.4, -0.2) is 33.9 Å². The van der Waals surface area contributed by atoms with E-state index in [0.717, 1.165) is 5.56 Å². The predicted octanol–water partition coefficient (Wildman–Crippen LogP) is 1.63. The minimum Gasteiger partial charge on any atom is -0.452 e. The van der Waals surface area contributed by atoms with Crippen molar-refractivity contribution in [3.8, 4) is 0 Å². The summed E-state index contributed by atoms with van der Waals surface area (Å²) < 4.78 is 32.6. The maximum atomic E-state index is 12.6. The van der Waals surface area contributed by atoms with Gasteiger partial charge >= 0.3 is 5.97 Å². The van der Waals surface area contributed by atoms with Gasteiger partial charge in [0.25, 0.3) is 5.91 Å². The lowest BCUT2D eigenvalue weighted by Crippen LogP contribution is -2.27. The van der Waals surface area contributed by atoms with Gasteiger partial charge < -0.3 is 10.1 Å². The van der Waals surface area contributed by atoms with Gasteiger partial charge in [-0.3, -0.25) is 4.79 Å². The molecule has 0 unspecified atom stereocenters. The van der Waals surface area contributed by atoms with Crippen LogP contribution in [0.4, 0.5) is 0 Å². The van der Waals surface area contributed by atoms with Crippen LogP contribution in [-0.2, 0) is 19.6 Å². The summed E-state index contributed by atoms with van der Waals surface area (Å²) in [7, 11) is -2.42. The number of carbonyl (C=O) groups is 2. The molecule has 0 saturated carbocycles. The number of nitrogens with one attached hydrogen (secondary N) is 2. The average Bonchev–Trinajstić information content (AvgIpc) is 2.66. The van der Waals surface area contributed by atoms with Crippen LogP contribution >= 0.6 is 0 Å². The molecule has 2 N–H and O–H groups in total. The topological polar surface area (TPSA) is 102 Å². The third-order valence-corrected chi connectivity index (χ3v) is 5.16. The van der Waals surface area contributed by atoms with Crippen molar-refractivity contribution in [1.29, 1.82) is 0 Å². The summed E-state index contributed by atoms with van der Waals surface area (Å²) in [5, 5.41) is 2.32. The van der Waals surface area contributed by atoms with Crippen molar-refractivity contribution in [2.24, 2.45) is 0 Å². The fourth-order valence-corrected chi connectivity index (χ4v) is 3.46. The standard InChI is InChI=1S/C18H20N2O5S/c1-13(14-7-4-3-5-8-14)20-26(23,24)16-10-6-9-15(11-16)18(22)25-12-17(21)19-2/h3-11,13,20H,12H2,1-2H3,(H,19,21)/t13-/m0/s1. The number of hydrogen-bond acceptors (Lipinski definition) is 5. The molecule has 2 aromatic rings. The first-order chi connectivity index (χ1) is 12.3. The molecule has 2 rings (SSSR count). The Labute approximate surface area is 152 Å². The van der Waals surface area contributed by atoms with Crippen molar-refractivity contribution < 1.29 is 22.7 Å². The molecule has 138 valence electrons. The Kier molecular flexibility index (Phi) is 6.48. The molecule has 1 amide bonds. The second-order valence-electron chi connectivity index (χ2n) is 5.53. The highest BCUT2D eigenvalue weighted by atomic mass is 32.2. The highest BCUT2D eigenvalue weighted by Crippen LogP contribution is 2.18. The van der Waals surface area contributed by atoms with Crippen LogP contribution in [0.2, 0.25) is 0 Å². The van der Waals surface area contributed by atoms with E-state index >= 15 is 0 Å². The third-order valence-electron chi connectivity index (χ3n) is 3.62. The number of benzene rings is 2. The number of esters is 1. The van der Waals surface area contributed by atoms with Gasteiger partial charge in [0.05, 0.1) is 10.5 Å². The fraction of sp³-hybridized carbons (Fsp3) is 0.222. The van der Waals surface area contributed by atoms with Crippen molar-refractivity contribution >= 4 is 21.9 Å². The van der Waals surface area contributed by atoms with Gasteiger partial charge in [-0.15, -0.1) is 0 Å². The number of likely N-dealkylation sites (N-methyl/N-ethyl adjacent to an activating group) is 1. The quantitative estimate of drug-likeness (QED) is 0.715. The molecule has 0 spiro atoms. The number of carbonyl (C=O) groups excluding carboxylic acids is 2. The van der Waals surface area contributed by atoms with Crippen LogP contribution in [0.1, 0.15) is 28.9 Å². The summed E-state index contributed by atoms with van der Waals surface area (Å²) in [6.45, 7) is 1.30. The molecule has 0 aliphatic rings. The number of sulfonamides is 1. The number of hydrogen-bond donors (Lipinski definition) is 2. The van der Waals surface area contributed by atoms with E-state index in [0.29, 0.717) is 0 Å². The van der Waals surface area contributed by atoms with E-state index in [9.17, 15) is 18.0 Å². The molecule has 0 aromatic heterocycles. The minimum atomic E-state index is -3.84. The molecule has 1 atom stereocenters. The Balaban J connectivity index is 2.14. The molecule has 0 radical (unpaired) electrons. The average molecular weight is 376 g/mol. The molecule has 0 heterocycles. The lowest BCUT2D eigenvalue weighted by molar-refractivity contribution is -0.123. The van der Waals surface area contributed by atoms with E-state index in [1.807, 2.05) is 30.3 Å². The van der Waals surface area contributed by atoms with Crippen molar-refractivity contribution in [1.82, 2.24) is 10.0 Å². The van der Waals surface area contributed by atoms with Crippen molar-refractivity contribution in [2.45, 2.75) is 17.9 Å². The van der Waals surface area contributed by atoms with Crippen molar-refractivity contribution in [3.63, 3.8) is 0 Å². The van der Waals surface area contributed by atoms with E-state index in [1.165, 1.54) is 31.3 Å². The van der Waals surface area contributed by atoms with Gasteiger partial charge in [0.1, 0.15) is 0 Å². The number of amides is 1. The zero-order chi connectivity index (χ0) is 19.2. The van der Waals surface area contributed by atoms with Gasteiger partial charge in [0, 0.05) is 13.1 Å². The largest absolute Gasteiger partial charge is 0.452 e. The summed E-state index contributed by atoms with van der Waals surface area (Å²) >= 11 is 0. The summed E-state index contributed by atoms with van der Waals surface area (Å²) in [5.74, 6) is -1.23. The maximum Gasteiger partial charge on any atom is 0.338 e. The lowest BCUT2D eigenvalue weighted by Gasteiger charge is -2.15. The number of ether oxygens (including phenoxy) is 1. The lowest BCUT2D eigenvalue weighted by atomic mass is 10.1. The molecule has 0 fully saturated rings. The van der Waals surface area contributed by atoms with Gasteiger partial charge in [0.2, 0.25) is 10.0 Å². The second-order valence-corrected chi connectivity index (χ2v) is 7.24. The Morgan fingerprint density at radius 2 is 1.77 bits per heavy atom. The Hall–Kier alpha value is -2.71. The molecule has 26 heavy (non-hydrogen) atoms. The first-order valence-corrected chi connectivity index (χ1v) is 9.37. The van der Waals surface area contributed by atoms with Gasteiger partial charge in [-0.25, -0.2) is 17.9 Å². The molecular weight excluding hydrogens is 356 g/mol. The highest BCUT2D eigenvalue weighted by Gasteiger charge is 2.20. The van der Waals surface area contributed by atoms with Crippen LogP contribution < -0.4 is 10.0 Å². The van der Waals surface area contributed by atoms with Crippen LogP contribution in [0.5, 0.6) is 0 Å². The van der Waals surface area contributed by atoms with Gasteiger partial charge in [-0.1, -0.05) is 36.4 Å². The first kappa shape index (κ1) is 19.6. The summed E-state index contributed by atoms with van der Waals surface area (Å²) in [6.07, 6.45) is 0. The van der Waals surface area contributed by atoms with Crippen molar-refractivity contribution in [2.75, 3.05) is 13.7 Å². The Morgan fingerprint density at radius 3 is 2.42 bits per heavy atom. The zero-order valence-corrected chi connectivity index (χ0v) is 15.2. The molecule has 0 aliphatic carbocycles. The van der Waals surface area contributed by atoms with Crippen molar-refractivity contribution in [3.05, 3.63) is 65.7 Å². The SMILES string of the molecule is CNC(=O)COC(=O)c1cccc(S(=O)(=O)N[C@@H](C)c2ccccc2)c1. The molecule has 2 aromatic carbocycles. The summed E-state index contributed by atoms with van der Waals surface area (Å²) in [4.78, 5) is 23.0. The van der Waals surface area contributed by atoms with Gasteiger partial charge in [-0.05, 0) is 30.7 Å². The van der Waals surface area contributed by atoms with E-state index < -0.39 is 34.5 Å². The van der Waals surface area contributed by atoms with E-state index in [2.05, 4.69) is 10.0 Å². The normalized spacial score (nSPS) is 12.2. The summed E-state index contributed by atoms with van der Waals surface area (Å²) in [6, 6.07) is 14.2. The monoisotopic (exact) mass is 376 g/mol. The predicted molar refractivity (Wildman–Crippen MR) is 96.0 cm³/mol. The molecule has 0 bridgehead atoms. The minimum absolute atomic E-state index is 0.0455. The Morgan fingerprint density at radius 1 is 1.08 bits per heavy atom. The van der Waals surface area contributed by atoms with Gasteiger partial charge in [-0.2, -0.15) is 0 Å². The van der Waals surface area contributed by atoms with E-state index in [1.54, 1.807) is 6.92 Å². The third kappa shape index (κ3) is 5.14. The molecule has 0 aliphatic heterocycles. The smallest absolute Gasteiger partial charge is 0.338 e. The van der Waals surface area contributed by atoms with Crippen LogP contribution in [0.15, 0.2) is 59.5 Å². The molecule has 0 saturated heterocycles. The molecule has 7 nitrogen and oxygen atoms in total. The maximum absolute atomic E-state index is 12.6. The fourth-order valence-electron chi connectivity index (χ4n) is 2.19. The zero-order valence-electron chi connectivity index (χ0n) is 14.4. The number of rotatable bonds is 7. The van der Waals surface area contributed by atoms with E-state index in [4.69, 9.17) is 4.74 Å². The van der Waals surface area contributed by atoms with Crippen LogP contribution in [0.25, 0.3) is 0 Å². The Bertz CT molecular complexity index is 881. The molecular formula is C18H20N2O5S. The van der Waals surface area contributed by atoms with Crippen LogP contribution in [0.3, 0.4) is 0 Å². The highest BCUT2D eigenvalue weighted by molar-refractivity contribution is 7.89. The molecule has 8 heteroatoms. The first-order valence-electron chi connectivity index (χ1n) is 7.88. The summed E-state index contributed by atoms with van der Waals surface area (Å²) in [5.41, 5.74) is 0.862. The van der Waals surface area contributed by atoms with Crippen LogP contribution in [0, 0.1) is 0 Å².